The van der Waals surface area contributed by atoms with E-state index in [0.29, 0.717) is 45.0 Å². The largest absolute Gasteiger partial charge is 0.392 e. The predicted molar refractivity (Wildman–Crippen MR) is 180 cm³/mol. The number of nitrogens with zero attached hydrogens (tertiary/aromatic N) is 6. The van der Waals surface area contributed by atoms with Gasteiger partial charge in [-0.3, -0.25) is 14.2 Å². The van der Waals surface area contributed by atoms with E-state index < -0.39 is 18.0 Å². The maximum Gasteiger partial charge on any atom is 0.265 e. The van der Waals surface area contributed by atoms with Crippen molar-refractivity contribution in [1.82, 2.24) is 29.2 Å². The maximum atomic E-state index is 15.3. The van der Waals surface area contributed by atoms with Gasteiger partial charge in [-0.05, 0) is 79.2 Å². The van der Waals surface area contributed by atoms with Crippen LogP contribution in [-0.2, 0) is 6.61 Å². The fraction of sp³-hybridized carbons (Fsp3) is 0.257. The summed E-state index contributed by atoms with van der Waals surface area (Å²) in [5.41, 5.74) is 2.78. The first kappa shape index (κ1) is 29.1. The Morgan fingerprint density at radius 3 is 2.55 bits per heavy atom. The molecular formula is C35H33FN8O3. The van der Waals surface area contributed by atoms with Gasteiger partial charge in [-0.2, -0.15) is 0 Å². The van der Waals surface area contributed by atoms with Gasteiger partial charge in [-0.25, -0.2) is 14.1 Å². The average molecular weight is 633 g/mol. The standard InChI is InChI=1S/C35H33FN8O3/c1-41-13-15-42(16-14-41)24-7-8-30(38-19-24)39-33-32-29(9-11-37-34(32)46)44(40-33)28-4-2-3-27(25(28)20-45)43-12-10-22-17-23(21-5-6-21)18-26(36)31(22)35(43)47/h2-4,7-12,17-19,21,45H,5-6,13-16,20H2,1H3,(H,37,46)(H,38,39,40). The molecule has 0 radical (unpaired) electrons. The summed E-state index contributed by atoms with van der Waals surface area (Å²) in [7, 11) is 2.11. The number of aromatic nitrogens is 5. The van der Waals surface area contributed by atoms with E-state index in [1.807, 2.05) is 18.2 Å². The van der Waals surface area contributed by atoms with Gasteiger partial charge in [-0.1, -0.05) is 12.1 Å². The average Bonchev–Trinajstić information content (AvgIpc) is 3.87. The smallest absolute Gasteiger partial charge is 0.265 e. The zero-order valence-corrected chi connectivity index (χ0v) is 25.8. The zero-order valence-electron chi connectivity index (χ0n) is 25.8. The first-order valence-corrected chi connectivity index (χ1v) is 15.7. The van der Waals surface area contributed by atoms with Crippen LogP contribution in [0.15, 0.2) is 82.8 Å². The number of pyridine rings is 3. The molecule has 12 heteroatoms. The van der Waals surface area contributed by atoms with Crippen LogP contribution in [0.25, 0.3) is 33.1 Å². The van der Waals surface area contributed by atoms with Crippen LogP contribution < -0.4 is 21.3 Å². The molecule has 6 aromatic rings. The van der Waals surface area contributed by atoms with Gasteiger partial charge in [0.1, 0.15) is 17.0 Å². The first-order valence-electron chi connectivity index (χ1n) is 15.7. The summed E-state index contributed by atoms with van der Waals surface area (Å²) in [5.74, 6) is 0.598. The number of fused-ring (bicyclic) bond motifs is 2. The number of anilines is 3. The van der Waals surface area contributed by atoms with E-state index in [1.165, 1.54) is 16.8 Å². The Hall–Kier alpha value is -5.33. The van der Waals surface area contributed by atoms with Gasteiger partial charge in [0.2, 0.25) is 0 Å². The van der Waals surface area contributed by atoms with Crippen molar-refractivity contribution >= 4 is 39.0 Å². The third-order valence-electron chi connectivity index (χ3n) is 9.27. The van der Waals surface area contributed by atoms with E-state index in [-0.39, 0.29) is 16.8 Å². The second-order valence-corrected chi connectivity index (χ2v) is 12.3. The van der Waals surface area contributed by atoms with Crippen LogP contribution in [0, 0.1) is 5.82 Å². The van der Waals surface area contributed by atoms with E-state index in [2.05, 4.69) is 32.1 Å². The number of halogens is 1. The van der Waals surface area contributed by atoms with Gasteiger partial charge in [0, 0.05) is 44.1 Å². The molecule has 0 spiro atoms. The Morgan fingerprint density at radius 2 is 1.81 bits per heavy atom. The quantitative estimate of drug-likeness (QED) is 0.237. The lowest BCUT2D eigenvalue weighted by Gasteiger charge is -2.33. The summed E-state index contributed by atoms with van der Waals surface area (Å²) in [4.78, 5) is 38.7. The van der Waals surface area contributed by atoms with Crippen molar-refractivity contribution < 1.29 is 9.50 Å². The lowest BCUT2D eigenvalue weighted by molar-refractivity contribution is 0.281. The Labute approximate surface area is 268 Å². The van der Waals surface area contributed by atoms with Crippen LogP contribution in [-0.4, -0.2) is 67.5 Å². The predicted octanol–water partition coefficient (Wildman–Crippen LogP) is 4.42. The molecule has 0 atom stereocenters. The number of hydrogen-bond donors (Lipinski definition) is 3. The lowest BCUT2D eigenvalue weighted by Crippen LogP contribution is -2.44. The third-order valence-corrected chi connectivity index (χ3v) is 9.27. The van der Waals surface area contributed by atoms with Crippen molar-refractivity contribution in [2.24, 2.45) is 0 Å². The molecule has 47 heavy (non-hydrogen) atoms. The van der Waals surface area contributed by atoms with Gasteiger partial charge >= 0.3 is 0 Å². The van der Waals surface area contributed by atoms with E-state index >= 15 is 4.39 Å². The zero-order chi connectivity index (χ0) is 32.2. The van der Waals surface area contributed by atoms with Crippen molar-refractivity contribution in [2.45, 2.75) is 25.4 Å². The molecule has 3 N–H and O–H groups in total. The fourth-order valence-corrected chi connectivity index (χ4v) is 6.52. The molecule has 0 amide bonds. The van der Waals surface area contributed by atoms with E-state index in [4.69, 9.17) is 5.10 Å². The van der Waals surface area contributed by atoms with Crippen molar-refractivity contribution in [3.05, 3.63) is 111 Å². The van der Waals surface area contributed by atoms with Gasteiger partial charge in [0.05, 0.1) is 40.8 Å². The number of aromatic amines is 1. The molecular weight excluding hydrogens is 599 g/mol. The number of likely N-dealkylation sites (N-methyl/N-ethyl adjacent to an activating group) is 1. The van der Waals surface area contributed by atoms with Crippen LogP contribution in [0.3, 0.4) is 0 Å². The molecule has 5 heterocycles. The highest BCUT2D eigenvalue weighted by atomic mass is 19.1. The molecule has 0 bridgehead atoms. The number of H-pyrrole nitrogens is 1. The topological polar surface area (TPSA) is 124 Å². The molecule has 238 valence electrons. The molecule has 1 aliphatic heterocycles. The van der Waals surface area contributed by atoms with Crippen molar-refractivity contribution in [3.8, 4) is 11.4 Å². The van der Waals surface area contributed by atoms with E-state index in [1.54, 1.807) is 47.4 Å². The summed E-state index contributed by atoms with van der Waals surface area (Å²) in [6.45, 7) is 3.36. The van der Waals surface area contributed by atoms with Crippen molar-refractivity contribution in [3.63, 3.8) is 0 Å². The normalized spacial score (nSPS) is 15.5. The Balaban J connectivity index is 1.19. The number of nitrogens with one attached hydrogen (secondary N) is 2. The molecule has 2 fully saturated rings. The SMILES string of the molecule is CN1CCN(c2ccc(Nc3nn(-c4cccc(-n5ccc6cc(C7CC7)cc(F)c6c5=O)c4CO)c4cc[nH]c(=O)c34)nc2)CC1. The van der Waals surface area contributed by atoms with Crippen LogP contribution in [0.2, 0.25) is 0 Å². The summed E-state index contributed by atoms with van der Waals surface area (Å²) in [5, 5.41) is 19.5. The summed E-state index contributed by atoms with van der Waals surface area (Å²) in [6.07, 6.45) is 7.00. The van der Waals surface area contributed by atoms with Crippen molar-refractivity contribution in [1.29, 1.82) is 0 Å². The number of hydrogen-bond acceptors (Lipinski definition) is 8. The highest BCUT2D eigenvalue weighted by molar-refractivity contribution is 5.92. The van der Waals surface area contributed by atoms with Crippen LogP contribution >= 0.6 is 0 Å². The molecule has 0 unspecified atom stereocenters. The number of rotatable bonds is 7. The Bertz CT molecular complexity index is 2260. The van der Waals surface area contributed by atoms with Gasteiger partial charge < -0.3 is 25.2 Å². The number of aliphatic hydroxyl groups excluding tert-OH is 1. The maximum absolute atomic E-state index is 15.3. The van der Waals surface area contributed by atoms with Crippen LogP contribution in [0.1, 0.15) is 29.9 Å². The van der Waals surface area contributed by atoms with Gasteiger partial charge in [0.25, 0.3) is 11.1 Å². The van der Waals surface area contributed by atoms with Crippen LogP contribution in [0.4, 0.5) is 21.7 Å². The molecule has 2 aromatic carbocycles. The fourth-order valence-electron chi connectivity index (χ4n) is 6.52. The number of benzene rings is 2. The second kappa shape index (κ2) is 11.5. The summed E-state index contributed by atoms with van der Waals surface area (Å²) >= 11 is 0. The first-order chi connectivity index (χ1) is 22.9. The Kier molecular flexibility index (Phi) is 7.11. The van der Waals surface area contributed by atoms with Crippen LogP contribution in [0.5, 0.6) is 0 Å². The minimum Gasteiger partial charge on any atom is -0.392 e. The molecule has 4 aromatic heterocycles. The second-order valence-electron chi connectivity index (χ2n) is 12.3. The minimum atomic E-state index is -0.552. The molecule has 1 saturated carbocycles. The van der Waals surface area contributed by atoms with E-state index in [0.717, 1.165) is 50.3 Å². The summed E-state index contributed by atoms with van der Waals surface area (Å²) < 4.78 is 18.2. The molecule has 1 aliphatic carbocycles. The lowest BCUT2D eigenvalue weighted by atomic mass is 10.0. The summed E-state index contributed by atoms with van der Waals surface area (Å²) in [6, 6.07) is 15.8. The molecule has 2 aliphatic rings. The molecule has 11 nitrogen and oxygen atoms in total. The molecule has 8 rings (SSSR count). The highest BCUT2D eigenvalue weighted by Crippen LogP contribution is 2.41. The Morgan fingerprint density at radius 1 is 1.00 bits per heavy atom. The monoisotopic (exact) mass is 632 g/mol. The van der Waals surface area contributed by atoms with Gasteiger partial charge in [-0.15, -0.1) is 5.10 Å². The van der Waals surface area contributed by atoms with E-state index in [9.17, 15) is 14.7 Å². The number of aliphatic hydroxyl groups is 1. The van der Waals surface area contributed by atoms with Crippen molar-refractivity contribution in [2.75, 3.05) is 43.4 Å². The highest BCUT2D eigenvalue weighted by Gasteiger charge is 2.26. The van der Waals surface area contributed by atoms with Gasteiger partial charge in [0.15, 0.2) is 5.82 Å². The minimum absolute atomic E-state index is 0.0000987. The molecule has 1 saturated heterocycles. The number of piperazine rings is 1. The third kappa shape index (κ3) is 5.15.